The van der Waals surface area contributed by atoms with Crippen LogP contribution in [0.15, 0.2) is 54.1 Å². The minimum absolute atomic E-state index is 0.165. The number of amides is 1. The van der Waals surface area contributed by atoms with E-state index in [-0.39, 0.29) is 18.3 Å². The Morgan fingerprint density at radius 2 is 2.10 bits per heavy atom. The lowest BCUT2D eigenvalue weighted by Crippen LogP contribution is -2.37. The Hall–Kier alpha value is -2.96. The third-order valence-corrected chi connectivity index (χ3v) is 2.89. The summed E-state index contributed by atoms with van der Waals surface area (Å²) in [4.78, 5) is 20.1. The van der Waals surface area contributed by atoms with Crippen LogP contribution in [0.2, 0.25) is 0 Å². The van der Waals surface area contributed by atoms with Gasteiger partial charge in [-0.3, -0.25) is 4.79 Å². The molecule has 1 heterocycles. The Labute approximate surface area is 121 Å². The van der Waals surface area contributed by atoms with Gasteiger partial charge in [0.15, 0.2) is 5.84 Å². The summed E-state index contributed by atoms with van der Waals surface area (Å²) in [5, 5.41) is 14.5. The Bertz CT molecular complexity index is 616. The third-order valence-electron chi connectivity index (χ3n) is 2.89. The van der Waals surface area contributed by atoms with Crippen molar-refractivity contribution in [3.05, 3.63) is 60.2 Å². The maximum absolute atomic E-state index is 12.3. The topological polar surface area (TPSA) is 113 Å². The van der Waals surface area contributed by atoms with Crippen molar-refractivity contribution in [1.82, 2.24) is 15.3 Å². The highest BCUT2D eigenvalue weighted by atomic mass is 16.4. The van der Waals surface area contributed by atoms with Gasteiger partial charge in [-0.15, -0.1) is 0 Å². The van der Waals surface area contributed by atoms with E-state index in [1.54, 1.807) is 36.5 Å². The van der Waals surface area contributed by atoms with E-state index in [1.165, 1.54) is 6.33 Å². The molecule has 0 aliphatic carbocycles. The fourth-order valence-corrected chi connectivity index (χ4v) is 1.86. The molecule has 7 heteroatoms. The van der Waals surface area contributed by atoms with E-state index in [0.29, 0.717) is 11.3 Å². The molecule has 108 valence electrons. The van der Waals surface area contributed by atoms with Crippen molar-refractivity contribution in [3.8, 4) is 0 Å². The Balaban J connectivity index is 2.12. The van der Waals surface area contributed by atoms with Crippen molar-refractivity contribution < 1.29 is 10.0 Å². The number of nitrogens with two attached hydrogens (primary N) is 1. The summed E-state index contributed by atoms with van der Waals surface area (Å²) in [7, 11) is 0. The average molecular weight is 285 g/mol. The molecule has 1 aromatic heterocycles. The molecule has 0 fully saturated rings. The van der Waals surface area contributed by atoms with E-state index >= 15 is 0 Å². The number of carbonyl (C=O) groups is 1. The molecule has 1 amide bonds. The van der Waals surface area contributed by atoms with Crippen LogP contribution in [0.3, 0.4) is 0 Å². The van der Waals surface area contributed by atoms with Crippen LogP contribution < -0.4 is 11.1 Å². The van der Waals surface area contributed by atoms with Crippen LogP contribution in [0.4, 0.5) is 0 Å². The lowest BCUT2D eigenvalue weighted by molar-refractivity contribution is -0.121. The summed E-state index contributed by atoms with van der Waals surface area (Å²) in [5.41, 5.74) is 6.95. The van der Waals surface area contributed by atoms with Gasteiger partial charge < -0.3 is 16.3 Å². The lowest BCUT2D eigenvalue weighted by atomic mass is 9.97. The van der Waals surface area contributed by atoms with Crippen LogP contribution >= 0.6 is 0 Å². The van der Waals surface area contributed by atoms with E-state index in [0.717, 1.165) is 0 Å². The van der Waals surface area contributed by atoms with Gasteiger partial charge in [0.2, 0.25) is 5.91 Å². The summed E-state index contributed by atoms with van der Waals surface area (Å²) in [6.07, 6.45) is 2.99. The van der Waals surface area contributed by atoms with Gasteiger partial charge in [-0.05, 0) is 11.6 Å². The number of nitrogens with one attached hydrogen (secondary N) is 1. The Morgan fingerprint density at radius 3 is 2.71 bits per heavy atom. The summed E-state index contributed by atoms with van der Waals surface area (Å²) >= 11 is 0. The van der Waals surface area contributed by atoms with Gasteiger partial charge in [0.25, 0.3) is 0 Å². The van der Waals surface area contributed by atoms with E-state index < -0.39 is 5.92 Å². The standard InChI is InChI=1S/C14H15N5O2/c15-13(19-21)12(10-4-2-1-3-5-10)14(20)17-8-11-6-7-16-9-18-11/h1-7,9,12,21H,8H2,(H2,15,19)(H,17,20). The van der Waals surface area contributed by atoms with Gasteiger partial charge in [-0.2, -0.15) is 0 Å². The summed E-state index contributed by atoms with van der Waals surface area (Å²) in [6.45, 7) is 0.239. The SMILES string of the molecule is N/C(=N/O)C(C(=O)NCc1ccncn1)c1ccccc1. The third kappa shape index (κ3) is 3.75. The van der Waals surface area contributed by atoms with Gasteiger partial charge in [-0.1, -0.05) is 35.5 Å². The molecule has 0 aliphatic rings. The molecule has 21 heavy (non-hydrogen) atoms. The largest absolute Gasteiger partial charge is 0.409 e. The fraction of sp³-hybridized carbons (Fsp3) is 0.143. The first-order chi connectivity index (χ1) is 10.2. The molecule has 1 aromatic carbocycles. The van der Waals surface area contributed by atoms with Crippen molar-refractivity contribution in [2.75, 3.05) is 0 Å². The zero-order chi connectivity index (χ0) is 15.1. The first-order valence-electron chi connectivity index (χ1n) is 6.27. The van der Waals surface area contributed by atoms with Gasteiger partial charge in [0.05, 0.1) is 12.2 Å². The van der Waals surface area contributed by atoms with Crippen LogP contribution in [0.1, 0.15) is 17.2 Å². The smallest absolute Gasteiger partial charge is 0.235 e. The van der Waals surface area contributed by atoms with Crippen molar-refractivity contribution in [1.29, 1.82) is 0 Å². The second kappa shape index (κ2) is 6.99. The van der Waals surface area contributed by atoms with Crippen molar-refractivity contribution in [2.45, 2.75) is 12.5 Å². The van der Waals surface area contributed by atoms with E-state index in [4.69, 9.17) is 10.9 Å². The number of aromatic nitrogens is 2. The number of carbonyl (C=O) groups excluding carboxylic acids is 1. The van der Waals surface area contributed by atoms with E-state index in [1.807, 2.05) is 6.07 Å². The molecule has 0 radical (unpaired) electrons. The molecule has 1 unspecified atom stereocenters. The molecule has 0 bridgehead atoms. The molecule has 0 spiro atoms. The second-order valence-electron chi connectivity index (χ2n) is 4.29. The monoisotopic (exact) mass is 285 g/mol. The highest BCUT2D eigenvalue weighted by Crippen LogP contribution is 2.16. The van der Waals surface area contributed by atoms with Crippen LogP contribution in [0.5, 0.6) is 0 Å². The summed E-state index contributed by atoms with van der Waals surface area (Å²) in [6, 6.07) is 10.6. The van der Waals surface area contributed by atoms with Crippen molar-refractivity contribution in [3.63, 3.8) is 0 Å². The molecular formula is C14H15N5O2. The maximum atomic E-state index is 12.3. The Kier molecular flexibility index (Phi) is 4.81. The highest BCUT2D eigenvalue weighted by Gasteiger charge is 2.24. The molecule has 0 saturated carbocycles. The zero-order valence-electron chi connectivity index (χ0n) is 11.2. The lowest BCUT2D eigenvalue weighted by Gasteiger charge is -2.15. The Morgan fingerprint density at radius 1 is 1.33 bits per heavy atom. The molecule has 0 aliphatic heterocycles. The maximum Gasteiger partial charge on any atom is 0.235 e. The molecule has 0 saturated heterocycles. The van der Waals surface area contributed by atoms with Crippen molar-refractivity contribution >= 4 is 11.7 Å². The highest BCUT2D eigenvalue weighted by molar-refractivity contribution is 6.07. The summed E-state index contributed by atoms with van der Waals surface area (Å²) in [5.74, 6) is -1.38. The minimum Gasteiger partial charge on any atom is -0.409 e. The second-order valence-corrected chi connectivity index (χ2v) is 4.29. The fourth-order valence-electron chi connectivity index (χ4n) is 1.86. The molecule has 1 atom stereocenters. The van der Waals surface area contributed by atoms with E-state index in [9.17, 15) is 4.79 Å². The van der Waals surface area contributed by atoms with Crippen LogP contribution in [0.25, 0.3) is 0 Å². The first-order valence-corrected chi connectivity index (χ1v) is 6.27. The van der Waals surface area contributed by atoms with Gasteiger partial charge in [0.1, 0.15) is 12.2 Å². The van der Waals surface area contributed by atoms with Crippen LogP contribution in [-0.2, 0) is 11.3 Å². The summed E-state index contributed by atoms with van der Waals surface area (Å²) < 4.78 is 0. The number of amidine groups is 1. The van der Waals surface area contributed by atoms with Crippen LogP contribution in [0, 0.1) is 0 Å². The zero-order valence-corrected chi connectivity index (χ0v) is 11.2. The van der Waals surface area contributed by atoms with Crippen molar-refractivity contribution in [2.24, 2.45) is 10.9 Å². The van der Waals surface area contributed by atoms with Gasteiger partial charge >= 0.3 is 0 Å². The van der Waals surface area contributed by atoms with Gasteiger partial charge in [-0.25, -0.2) is 9.97 Å². The predicted octanol–water partition coefficient (Wildman–Crippen LogP) is 0.623. The molecular weight excluding hydrogens is 270 g/mol. The quantitative estimate of drug-likeness (QED) is 0.322. The number of oxime groups is 1. The predicted molar refractivity (Wildman–Crippen MR) is 76.5 cm³/mol. The van der Waals surface area contributed by atoms with E-state index in [2.05, 4.69) is 20.4 Å². The average Bonchev–Trinajstić information content (AvgIpc) is 2.55. The minimum atomic E-state index is -0.849. The number of benzene rings is 1. The number of rotatable bonds is 5. The number of hydrogen-bond acceptors (Lipinski definition) is 5. The number of nitrogens with zero attached hydrogens (tertiary/aromatic N) is 3. The normalized spacial score (nSPS) is 12.7. The first kappa shape index (κ1) is 14.4. The molecule has 2 rings (SSSR count). The molecule has 7 nitrogen and oxygen atoms in total. The van der Waals surface area contributed by atoms with Gasteiger partial charge in [0, 0.05) is 6.20 Å². The number of hydrogen-bond donors (Lipinski definition) is 3. The molecule has 4 N–H and O–H groups in total. The molecule has 2 aromatic rings. The van der Waals surface area contributed by atoms with Crippen LogP contribution in [-0.4, -0.2) is 26.9 Å².